The van der Waals surface area contributed by atoms with Gasteiger partial charge in [0.15, 0.2) is 0 Å². The lowest BCUT2D eigenvalue weighted by Crippen LogP contribution is -2.57. The molecule has 0 aromatic heterocycles. The summed E-state index contributed by atoms with van der Waals surface area (Å²) in [6.45, 7) is 9.69. The standard InChI is InChI=1S/C17H29N3/c1-4-20-11-9-17(14-18,10-12-20)19(3)13-16-8-6-5-7-15(16)2/h5-8H,4,9-14,18H2,1-3H3. The van der Waals surface area contributed by atoms with Gasteiger partial charge in [0, 0.05) is 18.6 Å². The molecular formula is C17H29N3. The molecule has 20 heavy (non-hydrogen) atoms. The predicted octanol–water partition coefficient (Wildman–Crippen LogP) is 2.24. The van der Waals surface area contributed by atoms with Crippen molar-refractivity contribution in [2.75, 3.05) is 33.2 Å². The number of rotatable bonds is 5. The number of hydrogen-bond donors (Lipinski definition) is 1. The van der Waals surface area contributed by atoms with E-state index in [2.05, 4.69) is 55.0 Å². The zero-order valence-corrected chi connectivity index (χ0v) is 13.2. The summed E-state index contributed by atoms with van der Waals surface area (Å²) in [6, 6.07) is 8.66. The van der Waals surface area contributed by atoms with E-state index in [0.29, 0.717) is 0 Å². The van der Waals surface area contributed by atoms with Crippen LogP contribution in [0.15, 0.2) is 24.3 Å². The van der Waals surface area contributed by atoms with Gasteiger partial charge in [-0.1, -0.05) is 31.2 Å². The van der Waals surface area contributed by atoms with E-state index in [0.717, 1.165) is 19.6 Å². The van der Waals surface area contributed by atoms with Crippen molar-refractivity contribution in [2.45, 2.75) is 38.8 Å². The second-order valence-corrected chi connectivity index (χ2v) is 6.15. The molecule has 112 valence electrons. The normalized spacial score (nSPS) is 19.4. The SMILES string of the molecule is CCN1CCC(CN)(N(C)Cc2ccccc2C)CC1. The quantitative estimate of drug-likeness (QED) is 0.894. The highest BCUT2D eigenvalue weighted by Crippen LogP contribution is 2.28. The minimum absolute atomic E-state index is 0.175. The molecule has 0 saturated carbocycles. The maximum absolute atomic E-state index is 6.16. The lowest BCUT2D eigenvalue weighted by Gasteiger charge is -2.47. The number of piperidine rings is 1. The van der Waals surface area contributed by atoms with Crippen LogP contribution in [-0.2, 0) is 6.54 Å². The molecule has 2 rings (SSSR count). The molecule has 1 aliphatic heterocycles. The molecule has 0 unspecified atom stereocenters. The van der Waals surface area contributed by atoms with Crippen molar-refractivity contribution < 1.29 is 0 Å². The third-order valence-corrected chi connectivity index (χ3v) is 5.09. The smallest absolute Gasteiger partial charge is 0.0356 e. The molecule has 0 amide bonds. The molecule has 1 heterocycles. The molecule has 1 saturated heterocycles. The maximum Gasteiger partial charge on any atom is 0.0356 e. The van der Waals surface area contributed by atoms with E-state index >= 15 is 0 Å². The molecule has 0 aliphatic carbocycles. The molecule has 1 aromatic carbocycles. The van der Waals surface area contributed by atoms with Gasteiger partial charge in [0.2, 0.25) is 0 Å². The number of likely N-dealkylation sites (tertiary alicyclic amines) is 1. The van der Waals surface area contributed by atoms with Crippen molar-refractivity contribution >= 4 is 0 Å². The van der Waals surface area contributed by atoms with E-state index in [1.165, 1.54) is 37.1 Å². The first-order chi connectivity index (χ1) is 9.61. The van der Waals surface area contributed by atoms with Gasteiger partial charge in [0.1, 0.15) is 0 Å². The molecule has 3 nitrogen and oxygen atoms in total. The Balaban J connectivity index is 2.06. The van der Waals surface area contributed by atoms with Gasteiger partial charge >= 0.3 is 0 Å². The minimum atomic E-state index is 0.175. The van der Waals surface area contributed by atoms with Crippen molar-refractivity contribution in [3.63, 3.8) is 0 Å². The molecule has 0 spiro atoms. The Kier molecular flexibility index (Phi) is 5.19. The van der Waals surface area contributed by atoms with Crippen LogP contribution in [0.3, 0.4) is 0 Å². The molecule has 3 heteroatoms. The van der Waals surface area contributed by atoms with Crippen molar-refractivity contribution in [2.24, 2.45) is 5.73 Å². The van der Waals surface area contributed by atoms with E-state index < -0.39 is 0 Å². The fourth-order valence-electron chi connectivity index (χ4n) is 3.24. The largest absolute Gasteiger partial charge is 0.329 e. The molecule has 1 aromatic rings. The lowest BCUT2D eigenvalue weighted by molar-refractivity contribution is 0.0417. The molecule has 0 bridgehead atoms. The predicted molar refractivity (Wildman–Crippen MR) is 85.8 cm³/mol. The Hall–Kier alpha value is -0.900. The fraction of sp³-hybridized carbons (Fsp3) is 0.647. The number of likely N-dealkylation sites (N-methyl/N-ethyl adjacent to an activating group) is 1. The van der Waals surface area contributed by atoms with Gasteiger partial charge in [-0.3, -0.25) is 4.90 Å². The van der Waals surface area contributed by atoms with Crippen LogP contribution in [-0.4, -0.2) is 48.6 Å². The summed E-state index contributed by atoms with van der Waals surface area (Å²) in [4.78, 5) is 5.01. The number of hydrogen-bond acceptors (Lipinski definition) is 3. The van der Waals surface area contributed by atoms with Gasteiger partial charge in [0.25, 0.3) is 0 Å². The van der Waals surface area contributed by atoms with E-state index in [1.807, 2.05) is 0 Å². The summed E-state index contributed by atoms with van der Waals surface area (Å²) >= 11 is 0. The van der Waals surface area contributed by atoms with Gasteiger partial charge < -0.3 is 10.6 Å². The van der Waals surface area contributed by atoms with Gasteiger partial charge in [-0.05, 0) is 57.6 Å². The van der Waals surface area contributed by atoms with Crippen LogP contribution in [0, 0.1) is 6.92 Å². The maximum atomic E-state index is 6.16. The van der Waals surface area contributed by atoms with Crippen molar-refractivity contribution in [1.29, 1.82) is 0 Å². The Bertz CT molecular complexity index is 422. The second-order valence-electron chi connectivity index (χ2n) is 6.15. The Morgan fingerprint density at radius 3 is 2.45 bits per heavy atom. The molecule has 0 radical (unpaired) electrons. The zero-order valence-electron chi connectivity index (χ0n) is 13.2. The van der Waals surface area contributed by atoms with Crippen molar-refractivity contribution in [1.82, 2.24) is 9.80 Å². The van der Waals surface area contributed by atoms with Crippen LogP contribution in [0.25, 0.3) is 0 Å². The second kappa shape index (κ2) is 6.70. The van der Waals surface area contributed by atoms with Crippen molar-refractivity contribution in [3.05, 3.63) is 35.4 Å². The number of benzene rings is 1. The highest BCUT2D eigenvalue weighted by molar-refractivity contribution is 5.25. The van der Waals surface area contributed by atoms with Crippen LogP contribution < -0.4 is 5.73 Å². The average Bonchev–Trinajstić information content (AvgIpc) is 2.49. The van der Waals surface area contributed by atoms with Crippen LogP contribution in [0.2, 0.25) is 0 Å². The number of nitrogens with two attached hydrogens (primary N) is 1. The lowest BCUT2D eigenvalue weighted by atomic mass is 9.85. The molecule has 1 fully saturated rings. The number of nitrogens with zero attached hydrogens (tertiary/aromatic N) is 2. The summed E-state index contributed by atoms with van der Waals surface area (Å²) in [5, 5.41) is 0. The summed E-state index contributed by atoms with van der Waals surface area (Å²) < 4.78 is 0. The summed E-state index contributed by atoms with van der Waals surface area (Å²) in [7, 11) is 2.24. The summed E-state index contributed by atoms with van der Waals surface area (Å²) in [6.07, 6.45) is 2.36. The first kappa shape index (κ1) is 15.5. The monoisotopic (exact) mass is 275 g/mol. The van der Waals surface area contributed by atoms with E-state index in [-0.39, 0.29) is 5.54 Å². The van der Waals surface area contributed by atoms with E-state index in [4.69, 9.17) is 5.73 Å². The Morgan fingerprint density at radius 1 is 1.25 bits per heavy atom. The Morgan fingerprint density at radius 2 is 1.90 bits per heavy atom. The number of aryl methyl sites for hydroxylation is 1. The van der Waals surface area contributed by atoms with Crippen LogP contribution in [0.1, 0.15) is 30.9 Å². The van der Waals surface area contributed by atoms with Gasteiger partial charge in [-0.2, -0.15) is 0 Å². The first-order valence-electron chi connectivity index (χ1n) is 7.79. The minimum Gasteiger partial charge on any atom is -0.329 e. The molecule has 0 atom stereocenters. The van der Waals surface area contributed by atoms with Crippen LogP contribution in [0.4, 0.5) is 0 Å². The van der Waals surface area contributed by atoms with Gasteiger partial charge in [0.05, 0.1) is 0 Å². The Labute approximate surface area is 123 Å². The van der Waals surface area contributed by atoms with Crippen LogP contribution in [0.5, 0.6) is 0 Å². The zero-order chi connectivity index (χ0) is 14.6. The summed E-state index contributed by atoms with van der Waals surface area (Å²) in [5.74, 6) is 0. The average molecular weight is 275 g/mol. The molecular weight excluding hydrogens is 246 g/mol. The highest BCUT2D eigenvalue weighted by atomic mass is 15.2. The van der Waals surface area contributed by atoms with E-state index in [1.54, 1.807) is 0 Å². The summed E-state index contributed by atoms with van der Waals surface area (Å²) in [5.41, 5.74) is 9.12. The van der Waals surface area contributed by atoms with Crippen LogP contribution >= 0.6 is 0 Å². The molecule has 2 N–H and O–H groups in total. The fourth-order valence-corrected chi connectivity index (χ4v) is 3.24. The highest BCUT2D eigenvalue weighted by Gasteiger charge is 2.36. The third-order valence-electron chi connectivity index (χ3n) is 5.09. The first-order valence-corrected chi connectivity index (χ1v) is 7.79. The third kappa shape index (κ3) is 3.22. The molecule has 1 aliphatic rings. The van der Waals surface area contributed by atoms with Gasteiger partial charge in [-0.15, -0.1) is 0 Å². The van der Waals surface area contributed by atoms with Crippen molar-refractivity contribution in [3.8, 4) is 0 Å². The van der Waals surface area contributed by atoms with Gasteiger partial charge in [-0.25, -0.2) is 0 Å². The topological polar surface area (TPSA) is 32.5 Å². The van der Waals surface area contributed by atoms with E-state index in [9.17, 15) is 0 Å².